The number of aryl methyl sites for hydroxylation is 1. The molecule has 0 spiro atoms. The molecule has 0 aliphatic carbocycles. The van der Waals surface area contributed by atoms with Crippen molar-refractivity contribution in [3.05, 3.63) is 46.8 Å². The number of rotatable bonds is 3. The van der Waals surface area contributed by atoms with Crippen LogP contribution in [0.15, 0.2) is 24.4 Å². The van der Waals surface area contributed by atoms with Gasteiger partial charge in [-0.2, -0.15) is 5.26 Å². The fourth-order valence-electron chi connectivity index (χ4n) is 2.18. The van der Waals surface area contributed by atoms with Crippen molar-refractivity contribution in [1.29, 1.82) is 5.26 Å². The number of esters is 1. The summed E-state index contributed by atoms with van der Waals surface area (Å²) in [6.07, 6.45) is 1.45. The topological polar surface area (TPSA) is 124 Å². The van der Waals surface area contributed by atoms with Gasteiger partial charge in [0, 0.05) is 17.4 Å². The molecule has 7 heteroatoms. The number of benzene rings is 1. The molecular formula is C15H14N4O3. The van der Waals surface area contributed by atoms with Crippen LogP contribution in [-0.2, 0) is 4.74 Å². The van der Waals surface area contributed by atoms with E-state index in [9.17, 15) is 9.59 Å². The Morgan fingerprint density at radius 2 is 2.05 bits per heavy atom. The molecule has 112 valence electrons. The lowest BCUT2D eigenvalue weighted by Crippen LogP contribution is -2.14. The summed E-state index contributed by atoms with van der Waals surface area (Å²) in [7, 11) is 1.23. The van der Waals surface area contributed by atoms with Crippen LogP contribution in [0.1, 0.15) is 32.0 Å². The number of ether oxygens (including phenoxy) is 1. The molecule has 1 aromatic carbocycles. The number of aromatic nitrogens is 1. The smallest absolute Gasteiger partial charge is 0.357 e. The molecule has 0 aliphatic rings. The molecule has 1 aromatic heterocycles. The number of nitrogen functional groups attached to an aromatic ring is 1. The first-order valence-electron chi connectivity index (χ1n) is 6.30. The molecule has 2 aromatic rings. The molecule has 22 heavy (non-hydrogen) atoms. The predicted octanol–water partition coefficient (Wildman–Crippen LogP) is 1.13. The first kappa shape index (κ1) is 15.1. The fraction of sp³-hybridized carbons (Fsp3) is 0.133. The molecule has 0 saturated carbocycles. The number of nitriles is 1. The summed E-state index contributed by atoms with van der Waals surface area (Å²) in [6.45, 7) is 1.76. The van der Waals surface area contributed by atoms with E-state index in [1.165, 1.54) is 23.9 Å². The highest BCUT2D eigenvalue weighted by molar-refractivity contribution is 5.96. The standard InChI is InChI=1S/C15H14N4O3/c1-8-5-9(14(18)20)3-4-11(8)19-7-10(6-16)12(17)13(19)15(21)22-2/h3-5,7H,17H2,1-2H3,(H2,18,20). The third kappa shape index (κ3) is 2.38. The Bertz CT molecular complexity index is 815. The molecule has 0 bridgehead atoms. The van der Waals surface area contributed by atoms with Gasteiger partial charge in [-0.3, -0.25) is 4.79 Å². The van der Waals surface area contributed by atoms with Gasteiger partial charge < -0.3 is 20.8 Å². The molecule has 0 atom stereocenters. The van der Waals surface area contributed by atoms with Gasteiger partial charge in [-0.05, 0) is 30.7 Å². The zero-order valence-electron chi connectivity index (χ0n) is 12.1. The van der Waals surface area contributed by atoms with Crippen molar-refractivity contribution in [2.24, 2.45) is 5.73 Å². The van der Waals surface area contributed by atoms with Crippen LogP contribution in [0.2, 0.25) is 0 Å². The highest BCUT2D eigenvalue weighted by Gasteiger charge is 2.22. The van der Waals surface area contributed by atoms with Gasteiger partial charge in [0.1, 0.15) is 6.07 Å². The first-order valence-corrected chi connectivity index (χ1v) is 6.30. The lowest BCUT2D eigenvalue weighted by Gasteiger charge is -2.12. The molecule has 0 fully saturated rings. The predicted molar refractivity (Wildman–Crippen MR) is 79.5 cm³/mol. The maximum absolute atomic E-state index is 11.9. The Kier molecular flexibility index (Phi) is 3.86. The van der Waals surface area contributed by atoms with Gasteiger partial charge in [0.2, 0.25) is 5.91 Å². The maximum Gasteiger partial charge on any atom is 0.357 e. The quantitative estimate of drug-likeness (QED) is 0.822. The van der Waals surface area contributed by atoms with Crippen LogP contribution in [-0.4, -0.2) is 23.6 Å². The van der Waals surface area contributed by atoms with Gasteiger partial charge in [0.05, 0.1) is 18.4 Å². The minimum absolute atomic E-state index is 0.0488. The Balaban J connectivity index is 2.70. The summed E-state index contributed by atoms with van der Waals surface area (Å²) in [6, 6.07) is 6.69. The number of hydrogen-bond donors (Lipinski definition) is 2. The van der Waals surface area contributed by atoms with Crippen molar-refractivity contribution in [3.8, 4) is 11.8 Å². The zero-order valence-corrected chi connectivity index (χ0v) is 12.1. The molecule has 0 unspecified atom stereocenters. The van der Waals surface area contributed by atoms with E-state index >= 15 is 0 Å². The molecule has 0 saturated heterocycles. The van der Waals surface area contributed by atoms with Crippen LogP contribution in [0.25, 0.3) is 5.69 Å². The van der Waals surface area contributed by atoms with Gasteiger partial charge in [0.25, 0.3) is 0 Å². The number of methoxy groups -OCH3 is 1. The molecule has 4 N–H and O–H groups in total. The number of nitrogens with two attached hydrogens (primary N) is 2. The average molecular weight is 298 g/mol. The maximum atomic E-state index is 11.9. The number of nitrogens with zero attached hydrogens (tertiary/aromatic N) is 2. The Morgan fingerprint density at radius 1 is 1.36 bits per heavy atom. The van der Waals surface area contributed by atoms with E-state index in [1.54, 1.807) is 19.1 Å². The van der Waals surface area contributed by atoms with E-state index in [0.29, 0.717) is 16.8 Å². The lowest BCUT2D eigenvalue weighted by atomic mass is 10.1. The van der Waals surface area contributed by atoms with Crippen LogP contribution in [0.3, 0.4) is 0 Å². The monoisotopic (exact) mass is 298 g/mol. The third-order valence-corrected chi connectivity index (χ3v) is 3.28. The fourth-order valence-corrected chi connectivity index (χ4v) is 2.18. The van der Waals surface area contributed by atoms with Gasteiger partial charge in [0.15, 0.2) is 5.69 Å². The highest BCUT2D eigenvalue weighted by atomic mass is 16.5. The van der Waals surface area contributed by atoms with Crippen LogP contribution in [0, 0.1) is 18.3 Å². The largest absolute Gasteiger partial charge is 0.464 e. The van der Waals surface area contributed by atoms with Crippen molar-refractivity contribution in [3.63, 3.8) is 0 Å². The Labute approximate surface area is 126 Å². The second kappa shape index (κ2) is 5.61. The Hall–Kier alpha value is -3.27. The molecule has 0 aliphatic heterocycles. The zero-order chi connectivity index (χ0) is 16.4. The SMILES string of the molecule is COC(=O)c1c(N)c(C#N)cn1-c1ccc(C(N)=O)cc1C. The van der Waals surface area contributed by atoms with Gasteiger partial charge >= 0.3 is 5.97 Å². The molecule has 0 radical (unpaired) electrons. The number of carbonyl (C=O) groups excluding carboxylic acids is 2. The van der Waals surface area contributed by atoms with Crippen LogP contribution < -0.4 is 11.5 Å². The van der Waals surface area contributed by atoms with Crippen molar-refractivity contribution < 1.29 is 14.3 Å². The molecule has 1 amide bonds. The third-order valence-electron chi connectivity index (χ3n) is 3.28. The second-order valence-corrected chi connectivity index (χ2v) is 4.64. The number of hydrogen-bond acceptors (Lipinski definition) is 5. The van der Waals surface area contributed by atoms with Gasteiger partial charge in [-0.1, -0.05) is 0 Å². The first-order chi connectivity index (χ1) is 10.4. The Morgan fingerprint density at radius 3 is 2.55 bits per heavy atom. The van der Waals surface area contributed by atoms with Crippen LogP contribution >= 0.6 is 0 Å². The number of carbonyl (C=O) groups is 2. The van der Waals surface area contributed by atoms with Crippen LogP contribution in [0.4, 0.5) is 5.69 Å². The summed E-state index contributed by atoms with van der Waals surface area (Å²) in [5.74, 6) is -1.20. The normalized spacial score (nSPS) is 10.0. The second-order valence-electron chi connectivity index (χ2n) is 4.64. The average Bonchev–Trinajstić information content (AvgIpc) is 2.82. The van der Waals surface area contributed by atoms with Gasteiger partial charge in [-0.25, -0.2) is 4.79 Å². The van der Waals surface area contributed by atoms with Crippen molar-refractivity contribution in [2.75, 3.05) is 12.8 Å². The van der Waals surface area contributed by atoms with E-state index in [1.807, 2.05) is 6.07 Å². The molecule has 2 rings (SSSR count). The number of amides is 1. The van der Waals surface area contributed by atoms with Crippen molar-refractivity contribution in [1.82, 2.24) is 4.57 Å². The summed E-state index contributed by atoms with van der Waals surface area (Å²) < 4.78 is 6.19. The van der Waals surface area contributed by atoms with Crippen LogP contribution in [0.5, 0.6) is 0 Å². The summed E-state index contributed by atoms with van der Waals surface area (Å²) >= 11 is 0. The van der Waals surface area contributed by atoms with E-state index in [-0.39, 0.29) is 16.9 Å². The van der Waals surface area contributed by atoms with E-state index in [0.717, 1.165) is 0 Å². The van der Waals surface area contributed by atoms with E-state index < -0.39 is 11.9 Å². The minimum atomic E-state index is -0.655. The lowest BCUT2D eigenvalue weighted by molar-refractivity contribution is 0.0593. The minimum Gasteiger partial charge on any atom is -0.464 e. The molecule has 1 heterocycles. The van der Waals surface area contributed by atoms with E-state index in [4.69, 9.17) is 21.5 Å². The summed E-state index contributed by atoms with van der Waals surface area (Å²) in [5.41, 5.74) is 13.0. The van der Waals surface area contributed by atoms with Crippen molar-refractivity contribution in [2.45, 2.75) is 6.92 Å². The van der Waals surface area contributed by atoms with E-state index in [2.05, 4.69) is 0 Å². The van der Waals surface area contributed by atoms with Crippen molar-refractivity contribution >= 4 is 17.6 Å². The highest BCUT2D eigenvalue weighted by Crippen LogP contribution is 2.26. The number of primary amides is 1. The molecular weight excluding hydrogens is 284 g/mol. The van der Waals surface area contributed by atoms with Gasteiger partial charge in [-0.15, -0.1) is 0 Å². The summed E-state index contributed by atoms with van der Waals surface area (Å²) in [5, 5.41) is 9.09. The molecule has 7 nitrogen and oxygen atoms in total. The number of anilines is 1. The summed E-state index contributed by atoms with van der Waals surface area (Å²) in [4.78, 5) is 23.1.